The van der Waals surface area contributed by atoms with Gasteiger partial charge >= 0.3 is 5.97 Å². The molecule has 2 rings (SSSR count). The van der Waals surface area contributed by atoms with Gasteiger partial charge in [-0.25, -0.2) is 9.78 Å². The van der Waals surface area contributed by atoms with Crippen LogP contribution in [0.2, 0.25) is 0 Å². The molecule has 0 saturated heterocycles. The molecule has 2 aromatic heterocycles. The number of hydrogen-bond donors (Lipinski definition) is 3. The van der Waals surface area contributed by atoms with Gasteiger partial charge in [0.2, 0.25) is 0 Å². The minimum atomic E-state index is -1.07. The molecule has 6 heteroatoms. The first-order valence-electron chi connectivity index (χ1n) is 4.90. The number of aromatic nitrogens is 1. The molecule has 2 heterocycles. The molecule has 88 valence electrons. The van der Waals surface area contributed by atoms with Gasteiger partial charge in [0, 0.05) is 12.1 Å². The van der Waals surface area contributed by atoms with Crippen LogP contribution in [0.15, 0.2) is 35.3 Å². The number of aromatic carboxylic acids is 1. The molecule has 0 amide bonds. The maximum Gasteiger partial charge on any atom is 0.337 e. The van der Waals surface area contributed by atoms with Crippen molar-refractivity contribution in [2.75, 3.05) is 11.1 Å². The quantitative estimate of drug-likeness (QED) is 0.740. The zero-order valence-electron chi connectivity index (χ0n) is 8.88. The number of pyridine rings is 1. The van der Waals surface area contributed by atoms with Gasteiger partial charge in [-0.2, -0.15) is 0 Å². The fraction of sp³-hybridized carbons (Fsp3) is 0.0909. The highest BCUT2D eigenvalue weighted by Crippen LogP contribution is 2.15. The van der Waals surface area contributed by atoms with Crippen LogP contribution < -0.4 is 11.1 Å². The van der Waals surface area contributed by atoms with E-state index >= 15 is 0 Å². The average molecular weight is 233 g/mol. The van der Waals surface area contributed by atoms with E-state index in [0.29, 0.717) is 12.4 Å². The first kappa shape index (κ1) is 11.0. The lowest BCUT2D eigenvalue weighted by molar-refractivity contribution is 0.0698. The number of nitrogens with one attached hydrogen (secondary N) is 1. The number of furan rings is 1. The molecular formula is C11H11N3O3. The van der Waals surface area contributed by atoms with E-state index < -0.39 is 5.97 Å². The van der Waals surface area contributed by atoms with Crippen molar-refractivity contribution in [2.45, 2.75) is 6.54 Å². The van der Waals surface area contributed by atoms with Crippen LogP contribution in [0.4, 0.5) is 11.5 Å². The summed E-state index contributed by atoms with van der Waals surface area (Å²) < 4.78 is 4.91. The van der Waals surface area contributed by atoms with Gasteiger partial charge in [-0.3, -0.25) is 0 Å². The molecule has 0 saturated carbocycles. The van der Waals surface area contributed by atoms with Crippen molar-refractivity contribution >= 4 is 17.5 Å². The summed E-state index contributed by atoms with van der Waals surface area (Å²) in [6.45, 7) is 0.506. The van der Waals surface area contributed by atoms with E-state index in [4.69, 9.17) is 15.3 Å². The number of nitrogens with zero attached hydrogens (tertiary/aromatic N) is 1. The van der Waals surface area contributed by atoms with Crippen LogP contribution in [0, 0.1) is 0 Å². The van der Waals surface area contributed by atoms with Gasteiger partial charge in [-0.1, -0.05) is 0 Å². The second-order valence-corrected chi connectivity index (χ2v) is 3.45. The van der Waals surface area contributed by atoms with Crippen LogP contribution >= 0.6 is 0 Å². The summed E-state index contributed by atoms with van der Waals surface area (Å²) in [6, 6.07) is 3.21. The normalized spacial score (nSPS) is 10.1. The predicted octanol–water partition coefficient (Wildman–Crippen LogP) is 1.57. The van der Waals surface area contributed by atoms with Crippen LogP contribution in [0.5, 0.6) is 0 Å². The molecule has 6 nitrogen and oxygen atoms in total. The molecule has 0 spiro atoms. The molecule has 0 aromatic carbocycles. The van der Waals surface area contributed by atoms with Crippen molar-refractivity contribution in [1.82, 2.24) is 4.98 Å². The summed E-state index contributed by atoms with van der Waals surface area (Å²) in [7, 11) is 0. The molecule has 0 aliphatic rings. The Labute approximate surface area is 97.1 Å². The molecule has 2 aromatic rings. The van der Waals surface area contributed by atoms with Gasteiger partial charge < -0.3 is 20.6 Å². The molecule has 4 N–H and O–H groups in total. The van der Waals surface area contributed by atoms with E-state index in [1.54, 1.807) is 12.5 Å². The number of carbonyl (C=O) groups is 1. The van der Waals surface area contributed by atoms with Gasteiger partial charge in [0.15, 0.2) is 0 Å². The third kappa shape index (κ3) is 2.54. The fourth-order valence-corrected chi connectivity index (χ4v) is 1.33. The van der Waals surface area contributed by atoms with Gasteiger partial charge in [-0.15, -0.1) is 0 Å². The lowest BCUT2D eigenvalue weighted by atomic mass is 10.2. The van der Waals surface area contributed by atoms with Gasteiger partial charge in [0.25, 0.3) is 0 Å². The minimum absolute atomic E-state index is 0.0368. The van der Waals surface area contributed by atoms with E-state index in [0.717, 1.165) is 5.56 Å². The van der Waals surface area contributed by atoms with Crippen LogP contribution in [0.3, 0.4) is 0 Å². The second-order valence-electron chi connectivity index (χ2n) is 3.45. The molecule has 0 unspecified atom stereocenters. The number of anilines is 2. The van der Waals surface area contributed by atoms with E-state index in [1.807, 2.05) is 6.07 Å². The molecule has 0 radical (unpaired) electrons. The zero-order chi connectivity index (χ0) is 12.3. The van der Waals surface area contributed by atoms with Crippen molar-refractivity contribution in [1.29, 1.82) is 0 Å². The first-order chi connectivity index (χ1) is 8.16. The van der Waals surface area contributed by atoms with Crippen LogP contribution in [0.1, 0.15) is 15.9 Å². The molecule has 0 aliphatic heterocycles. The summed E-state index contributed by atoms with van der Waals surface area (Å²) in [5.41, 5.74) is 6.62. The Hall–Kier alpha value is -2.50. The Bertz CT molecular complexity index is 523. The number of carboxylic acids is 1. The Balaban J connectivity index is 2.11. The van der Waals surface area contributed by atoms with Crippen molar-refractivity contribution in [2.24, 2.45) is 0 Å². The van der Waals surface area contributed by atoms with Gasteiger partial charge in [-0.05, 0) is 12.1 Å². The standard InChI is InChI=1S/C11H11N3O3/c12-9-5-14-10(3-8(9)11(15)16)13-4-7-1-2-17-6-7/h1-3,5-6H,4,12H2,(H,13,14)(H,15,16). The Morgan fingerprint density at radius 2 is 2.41 bits per heavy atom. The monoisotopic (exact) mass is 233 g/mol. The van der Waals surface area contributed by atoms with Crippen LogP contribution in [-0.4, -0.2) is 16.1 Å². The topological polar surface area (TPSA) is 101 Å². The van der Waals surface area contributed by atoms with Crippen molar-refractivity contribution in [3.63, 3.8) is 0 Å². The molecule has 0 aliphatic carbocycles. The van der Waals surface area contributed by atoms with E-state index in [2.05, 4.69) is 10.3 Å². The average Bonchev–Trinajstić information content (AvgIpc) is 2.80. The third-order valence-corrected chi connectivity index (χ3v) is 2.22. The molecule has 0 bridgehead atoms. The Morgan fingerprint density at radius 3 is 3.06 bits per heavy atom. The number of carboxylic acid groups (broad SMARTS) is 1. The minimum Gasteiger partial charge on any atom is -0.478 e. The lowest BCUT2D eigenvalue weighted by Gasteiger charge is -2.06. The zero-order valence-corrected chi connectivity index (χ0v) is 8.88. The van der Waals surface area contributed by atoms with Crippen molar-refractivity contribution in [3.8, 4) is 0 Å². The maximum absolute atomic E-state index is 10.9. The van der Waals surface area contributed by atoms with Crippen molar-refractivity contribution < 1.29 is 14.3 Å². The van der Waals surface area contributed by atoms with E-state index in [9.17, 15) is 4.79 Å². The largest absolute Gasteiger partial charge is 0.478 e. The highest BCUT2D eigenvalue weighted by molar-refractivity contribution is 5.94. The second kappa shape index (κ2) is 4.56. The SMILES string of the molecule is Nc1cnc(NCc2ccoc2)cc1C(=O)O. The molecule has 0 atom stereocenters. The summed E-state index contributed by atoms with van der Waals surface area (Å²) in [4.78, 5) is 14.8. The number of nitrogens with two attached hydrogens (primary N) is 1. The molecule has 0 fully saturated rings. The molecular weight excluding hydrogens is 222 g/mol. The summed E-state index contributed by atoms with van der Waals surface area (Å²) in [5.74, 6) is -0.617. The third-order valence-electron chi connectivity index (χ3n) is 2.22. The molecule has 17 heavy (non-hydrogen) atoms. The van der Waals surface area contributed by atoms with E-state index in [1.165, 1.54) is 12.3 Å². The number of hydrogen-bond acceptors (Lipinski definition) is 5. The first-order valence-corrected chi connectivity index (χ1v) is 4.90. The number of rotatable bonds is 4. The lowest BCUT2D eigenvalue weighted by Crippen LogP contribution is -2.06. The van der Waals surface area contributed by atoms with Crippen molar-refractivity contribution in [3.05, 3.63) is 42.0 Å². The summed E-state index contributed by atoms with van der Waals surface area (Å²) in [6.07, 6.45) is 4.49. The Kier molecular flexibility index (Phi) is 2.95. The predicted molar refractivity (Wildman–Crippen MR) is 61.6 cm³/mol. The summed E-state index contributed by atoms with van der Waals surface area (Å²) in [5, 5.41) is 11.9. The highest BCUT2D eigenvalue weighted by atomic mass is 16.4. The Morgan fingerprint density at radius 1 is 1.59 bits per heavy atom. The fourth-order valence-electron chi connectivity index (χ4n) is 1.33. The van der Waals surface area contributed by atoms with Crippen LogP contribution in [-0.2, 0) is 6.54 Å². The van der Waals surface area contributed by atoms with Gasteiger partial charge in [0.05, 0.1) is 30.0 Å². The smallest absolute Gasteiger partial charge is 0.337 e. The van der Waals surface area contributed by atoms with E-state index in [-0.39, 0.29) is 11.3 Å². The van der Waals surface area contributed by atoms with Gasteiger partial charge in [0.1, 0.15) is 5.82 Å². The highest BCUT2D eigenvalue weighted by Gasteiger charge is 2.09. The number of nitrogen functional groups attached to an aromatic ring is 1. The summed E-state index contributed by atoms with van der Waals surface area (Å²) >= 11 is 0. The maximum atomic E-state index is 10.9. The van der Waals surface area contributed by atoms with Crippen LogP contribution in [0.25, 0.3) is 0 Å².